The van der Waals surface area contributed by atoms with Gasteiger partial charge in [-0.25, -0.2) is 9.37 Å². The van der Waals surface area contributed by atoms with Gasteiger partial charge in [0.15, 0.2) is 0 Å². The lowest BCUT2D eigenvalue weighted by molar-refractivity contribution is -0.112. The van der Waals surface area contributed by atoms with Crippen LogP contribution in [0.15, 0.2) is 79.0 Å². The molecule has 0 atom stereocenters. The first-order valence-electron chi connectivity index (χ1n) is 13.3. The van der Waals surface area contributed by atoms with Gasteiger partial charge in [-0.1, -0.05) is 36.4 Å². The van der Waals surface area contributed by atoms with Gasteiger partial charge in [0.25, 0.3) is 11.7 Å². The number of Topliss-reactive ketones (excluding diaryl/α,β-unsaturated/α-hetero) is 1. The van der Waals surface area contributed by atoms with Crippen LogP contribution in [0.5, 0.6) is 0 Å². The molecule has 40 heavy (non-hydrogen) atoms. The van der Waals surface area contributed by atoms with Gasteiger partial charge in [-0.15, -0.1) is 0 Å². The summed E-state index contributed by atoms with van der Waals surface area (Å²) in [5, 5.41) is 2.50. The molecule has 1 amide bonds. The largest absolute Gasteiger partial charge is 0.383 e. The number of methoxy groups -OCH3 is 1. The molecule has 2 aromatic carbocycles. The number of nitrogens with one attached hydrogen (secondary N) is 1. The minimum Gasteiger partial charge on any atom is -0.383 e. The van der Waals surface area contributed by atoms with Crippen LogP contribution in [0, 0.1) is 12.7 Å². The molecule has 3 heterocycles. The second-order valence-corrected chi connectivity index (χ2v) is 9.67. The van der Waals surface area contributed by atoms with Crippen LogP contribution in [0.25, 0.3) is 11.1 Å². The third-order valence-electron chi connectivity index (χ3n) is 7.15. The zero-order chi connectivity index (χ0) is 28.1. The number of rotatable bonds is 9. The molecule has 9 heteroatoms. The van der Waals surface area contributed by atoms with Crippen LogP contribution >= 0.6 is 0 Å². The zero-order valence-electron chi connectivity index (χ0n) is 22.6. The first-order valence-corrected chi connectivity index (χ1v) is 13.3. The first-order chi connectivity index (χ1) is 19.5. The number of piperazine rings is 1. The number of aromatic nitrogens is 2. The van der Waals surface area contributed by atoms with Gasteiger partial charge >= 0.3 is 0 Å². The van der Waals surface area contributed by atoms with Crippen molar-refractivity contribution < 1.29 is 18.7 Å². The Kier molecular flexibility index (Phi) is 8.21. The molecule has 206 valence electrons. The van der Waals surface area contributed by atoms with Crippen LogP contribution in [-0.4, -0.2) is 61.1 Å². The van der Waals surface area contributed by atoms with Gasteiger partial charge in [-0.2, -0.15) is 0 Å². The van der Waals surface area contributed by atoms with Crippen LogP contribution < -0.4 is 15.1 Å². The molecule has 8 nitrogen and oxygen atoms in total. The summed E-state index contributed by atoms with van der Waals surface area (Å²) >= 11 is 0. The average molecular weight is 542 g/mol. The molecule has 1 saturated heterocycles. The summed E-state index contributed by atoms with van der Waals surface area (Å²) in [5.41, 5.74) is 3.22. The zero-order valence-corrected chi connectivity index (χ0v) is 22.6. The number of ketones is 1. The molecule has 4 aromatic rings. The fourth-order valence-corrected chi connectivity index (χ4v) is 5.05. The molecule has 1 fully saturated rings. The Hall–Kier alpha value is -4.50. The summed E-state index contributed by atoms with van der Waals surface area (Å²) in [4.78, 5) is 35.3. The molecule has 5 rings (SSSR count). The Morgan fingerprint density at radius 2 is 1.68 bits per heavy atom. The molecule has 1 aliphatic rings. The number of carbonyl (C=O) groups excluding carboxylic acids is 2. The average Bonchev–Trinajstić information content (AvgIpc) is 3.33. The van der Waals surface area contributed by atoms with Crippen LogP contribution in [0.4, 0.5) is 21.6 Å². The van der Waals surface area contributed by atoms with E-state index in [-0.39, 0.29) is 11.4 Å². The smallest absolute Gasteiger partial charge is 0.298 e. The summed E-state index contributed by atoms with van der Waals surface area (Å²) in [6.45, 7) is 5.60. The van der Waals surface area contributed by atoms with Gasteiger partial charge in [0, 0.05) is 63.0 Å². The minimum atomic E-state index is -0.899. The highest BCUT2D eigenvalue weighted by molar-refractivity contribution is 6.47. The number of ether oxygens (including phenoxy) is 1. The molecule has 0 unspecified atom stereocenters. The van der Waals surface area contributed by atoms with E-state index in [9.17, 15) is 9.59 Å². The van der Waals surface area contributed by atoms with E-state index in [0.717, 1.165) is 35.9 Å². The molecule has 0 bridgehead atoms. The second-order valence-electron chi connectivity index (χ2n) is 9.67. The van der Waals surface area contributed by atoms with Crippen LogP contribution in [-0.2, 0) is 16.1 Å². The van der Waals surface area contributed by atoms with E-state index in [1.807, 2.05) is 61.5 Å². The number of amides is 1. The van der Waals surface area contributed by atoms with Crippen LogP contribution in [0.3, 0.4) is 0 Å². The fraction of sp³-hybridized carbons (Fsp3) is 0.258. The molecule has 1 aliphatic heterocycles. The molecule has 0 saturated carbocycles. The number of benzene rings is 2. The molecule has 2 aromatic heterocycles. The van der Waals surface area contributed by atoms with Crippen molar-refractivity contribution in [3.8, 4) is 11.1 Å². The Bertz CT molecular complexity index is 1480. The van der Waals surface area contributed by atoms with E-state index in [2.05, 4.69) is 20.1 Å². The predicted molar refractivity (Wildman–Crippen MR) is 155 cm³/mol. The molecular weight excluding hydrogens is 509 g/mol. The normalized spacial score (nSPS) is 13.4. The van der Waals surface area contributed by atoms with E-state index in [1.54, 1.807) is 23.9 Å². The predicted octanol–water partition coefficient (Wildman–Crippen LogP) is 4.79. The van der Waals surface area contributed by atoms with Crippen molar-refractivity contribution in [3.63, 3.8) is 0 Å². The van der Waals surface area contributed by atoms with Gasteiger partial charge in [-0.3, -0.25) is 9.59 Å². The van der Waals surface area contributed by atoms with Crippen molar-refractivity contribution in [2.45, 2.75) is 13.5 Å². The summed E-state index contributed by atoms with van der Waals surface area (Å²) in [6.07, 6.45) is 1.77. The third-order valence-corrected chi connectivity index (χ3v) is 7.15. The van der Waals surface area contributed by atoms with Crippen molar-refractivity contribution in [3.05, 3.63) is 96.2 Å². The summed E-state index contributed by atoms with van der Waals surface area (Å²) in [6, 6.07) is 21.8. The van der Waals surface area contributed by atoms with Gasteiger partial charge in [-0.05, 0) is 48.9 Å². The highest BCUT2D eigenvalue weighted by Crippen LogP contribution is 2.29. The van der Waals surface area contributed by atoms with Gasteiger partial charge in [0.1, 0.15) is 17.3 Å². The van der Waals surface area contributed by atoms with Crippen molar-refractivity contribution in [1.29, 1.82) is 0 Å². The van der Waals surface area contributed by atoms with Gasteiger partial charge in [0.2, 0.25) is 0 Å². The van der Waals surface area contributed by atoms with Crippen molar-refractivity contribution >= 4 is 28.9 Å². The van der Waals surface area contributed by atoms with E-state index in [4.69, 9.17) is 4.74 Å². The molecule has 0 spiro atoms. The van der Waals surface area contributed by atoms with Crippen molar-refractivity contribution in [2.75, 3.05) is 55.0 Å². The van der Waals surface area contributed by atoms with Crippen LogP contribution in [0.1, 0.15) is 16.2 Å². The highest BCUT2D eigenvalue weighted by atomic mass is 19.1. The summed E-state index contributed by atoms with van der Waals surface area (Å²) in [7, 11) is 1.58. The molecular formula is C31H32FN5O3. The first kappa shape index (κ1) is 27.1. The van der Waals surface area contributed by atoms with E-state index in [1.165, 1.54) is 12.1 Å². The van der Waals surface area contributed by atoms with E-state index < -0.39 is 17.5 Å². The number of pyridine rings is 1. The number of aryl methyl sites for hydroxylation is 1. The maximum absolute atomic E-state index is 15.2. The van der Waals surface area contributed by atoms with E-state index in [0.29, 0.717) is 31.8 Å². The highest BCUT2D eigenvalue weighted by Gasteiger charge is 2.27. The lowest BCUT2D eigenvalue weighted by atomic mass is 10.0. The number of hydrogen-bond donors (Lipinski definition) is 1. The van der Waals surface area contributed by atoms with Crippen molar-refractivity contribution in [1.82, 2.24) is 9.55 Å². The number of carbonyl (C=O) groups is 2. The Balaban J connectivity index is 1.31. The minimum absolute atomic E-state index is 0.0396. The quantitative estimate of drug-likeness (QED) is 0.243. The lowest BCUT2D eigenvalue weighted by Crippen LogP contribution is -2.46. The van der Waals surface area contributed by atoms with Crippen LogP contribution in [0.2, 0.25) is 0 Å². The topological polar surface area (TPSA) is 79.7 Å². The molecule has 0 aliphatic carbocycles. The van der Waals surface area contributed by atoms with Gasteiger partial charge in [0.05, 0.1) is 12.3 Å². The van der Waals surface area contributed by atoms with Crippen molar-refractivity contribution in [2.24, 2.45) is 0 Å². The second kappa shape index (κ2) is 12.1. The standard InChI is InChI=1S/C31H32FN5O3/c1-22-20-25(23-8-4-3-5-9-23)29(37(22)18-19-40-2)30(38)31(39)34-27-12-11-24(21-26(27)32)35-14-16-36(17-15-35)28-10-6-7-13-33-28/h3-13,20-21H,14-19H2,1-2H3,(H,34,39). The Labute approximate surface area is 233 Å². The maximum atomic E-state index is 15.2. The third kappa shape index (κ3) is 5.74. The lowest BCUT2D eigenvalue weighted by Gasteiger charge is -2.36. The molecule has 0 radical (unpaired) electrons. The number of anilines is 3. The molecule has 1 N–H and O–H groups in total. The number of halogens is 1. The van der Waals surface area contributed by atoms with E-state index >= 15 is 4.39 Å². The summed E-state index contributed by atoms with van der Waals surface area (Å²) in [5.74, 6) is -1.31. The maximum Gasteiger partial charge on any atom is 0.298 e. The number of nitrogens with zero attached hydrogens (tertiary/aromatic N) is 4. The van der Waals surface area contributed by atoms with Gasteiger partial charge < -0.3 is 24.4 Å². The monoisotopic (exact) mass is 541 g/mol. The number of hydrogen-bond acceptors (Lipinski definition) is 6. The summed E-state index contributed by atoms with van der Waals surface area (Å²) < 4.78 is 22.2. The SMILES string of the molecule is COCCn1c(C)cc(-c2ccccc2)c1C(=O)C(=O)Nc1ccc(N2CCN(c3ccccn3)CC2)cc1F. The fourth-order valence-electron chi connectivity index (χ4n) is 5.05. The Morgan fingerprint density at radius 1 is 0.950 bits per heavy atom. The Morgan fingerprint density at radius 3 is 2.35 bits per heavy atom.